The van der Waals surface area contributed by atoms with Crippen LogP contribution in [0.3, 0.4) is 0 Å². The number of rotatable bonds is 5. The molecule has 1 aromatic carbocycles. The molecule has 0 unspecified atom stereocenters. The minimum absolute atomic E-state index is 0.237. The van der Waals surface area contributed by atoms with E-state index in [0.29, 0.717) is 0 Å². The predicted molar refractivity (Wildman–Crippen MR) is 75.9 cm³/mol. The number of hydrogen-bond donors (Lipinski definition) is 0. The van der Waals surface area contributed by atoms with Crippen LogP contribution in [0.4, 0.5) is 0 Å². The minimum atomic E-state index is 0.237. The Hall–Kier alpha value is -0.860. The first-order chi connectivity index (χ1) is 9.26. The van der Waals surface area contributed by atoms with Crippen LogP contribution in [0.25, 0.3) is 0 Å². The molecule has 19 heavy (non-hydrogen) atoms. The van der Waals surface area contributed by atoms with E-state index in [2.05, 4.69) is 44.2 Å². The minimum Gasteiger partial charge on any atom is -0.380 e. The zero-order valence-corrected chi connectivity index (χ0v) is 11.9. The van der Waals surface area contributed by atoms with E-state index in [4.69, 9.17) is 9.47 Å². The lowest BCUT2D eigenvalue weighted by Gasteiger charge is -2.57. The summed E-state index contributed by atoms with van der Waals surface area (Å²) >= 11 is 0. The van der Waals surface area contributed by atoms with E-state index < -0.39 is 0 Å². The zero-order valence-electron chi connectivity index (χ0n) is 11.9. The smallest absolute Gasteiger partial charge is 0.0553 e. The van der Waals surface area contributed by atoms with Crippen LogP contribution in [0, 0.1) is 16.7 Å². The Bertz CT molecular complexity index is 385. The van der Waals surface area contributed by atoms with Crippen molar-refractivity contribution in [2.45, 2.75) is 26.7 Å². The van der Waals surface area contributed by atoms with Crippen molar-refractivity contribution in [3.63, 3.8) is 0 Å². The molecular weight excluding hydrogens is 236 g/mol. The van der Waals surface area contributed by atoms with Gasteiger partial charge in [-0.1, -0.05) is 44.2 Å². The Kier molecular flexibility index (Phi) is 3.40. The van der Waals surface area contributed by atoms with Crippen molar-refractivity contribution in [2.75, 3.05) is 26.4 Å². The highest BCUT2D eigenvalue weighted by atomic mass is 16.5. The van der Waals surface area contributed by atoms with Gasteiger partial charge in [-0.2, -0.15) is 0 Å². The largest absolute Gasteiger partial charge is 0.380 e. The Morgan fingerprint density at radius 1 is 0.895 bits per heavy atom. The molecule has 2 heterocycles. The molecule has 0 saturated carbocycles. The first-order valence-corrected chi connectivity index (χ1v) is 7.35. The maximum atomic E-state index is 5.58. The SMILES string of the molecule is CCC1([C](c2ccccc2)C2(CC)COC2)COC1. The van der Waals surface area contributed by atoms with Gasteiger partial charge in [-0.05, 0) is 18.4 Å². The third-order valence-electron chi connectivity index (χ3n) is 4.99. The van der Waals surface area contributed by atoms with Crippen molar-refractivity contribution in [3.8, 4) is 0 Å². The molecule has 1 aromatic rings. The van der Waals surface area contributed by atoms with Gasteiger partial charge in [0.1, 0.15) is 0 Å². The second-order valence-electron chi connectivity index (χ2n) is 5.99. The van der Waals surface area contributed by atoms with E-state index in [-0.39, 0.29) is 10.8 Å². The molecule has 0 aliphatic carbocycles. The highest BCUT2D eigenvalue weighted by molar-refractivity contribution is 5.41. The van der Waals surface area contributed by atoms with Crippen LogP contribution in [-0.4, -0.2) is 26.4 Å². The molecule has 103 valence electrons. The lowest BCUT2D eigenvalue weighted by atomic mass is 9.55. The lowest BCUT2D eigenvalue weighted by Crippen LogP contribution is -2.59. The summed E-state index contributed by atoms with van der Waals surface area (Å²) in [5.41, 5.74) is 1.86. The molecule has 2 saturated heterocycles. The van der Waals surface area contributed by atoms with E-state index in [0.717, 1.165) is 39.3 Å². The molecule has 0 N–H and O–H groups in total. The van der Waals surface area contributed by atoms with Gasteiger partial charge in [0.2, 0.25) is 0 Å². The summed E-state index contributed by atoms with van der Waals surface area (Å²) in [6.07, 6.45) is 2.30. The third-order valence-corrected chi connectivity index (χ3v) is 4.99. The lowest BCUT2D eigenvalue weighted by molar-refractivity contribution is -0.164. The van der Waals surface area contributed by atoms with Crippen LogP contribution in [0.1, 0.15) is 32.3 Å². The summed E-state index contributed by atoms with van der Waals surface area (Å²) in [4.78, 5) is 0. The summed E-state index contributed by atoms with van der Waals surface area (Å²) in [5, 5.41) is 0. The fraction of sp³-hybridized carbons (Fsp3) is 0.588. The van der Waals surface area contributed by atoms with Crippen molar-refractivity contribution in [3.05, 3.63) is 41.8 Å². The Morgan fingerprint density at radius 2 is 1.37 bits per heavy atom. The van der Waals surface area contributed by atoms with Gasteiger partial charge < -0.3 is 9.47 Å². The molecule has 2 aliphatic heterocycles. The highest BCUT2D eigenvalue weighted by Gasteiger charge is 2.57. The standard InChI is InChI=1S/C17H23O2/c1-3-16(10-18-11-16)15(14-8-6-5-7-9-14)17(4-2)12-19-13-17/h5-9H,3-4,10-13H2,1-2H3. The molecule has 1 radical (unpaired) electrons. The quantitative estimate of drug-likeness (QED) is 0.806. The molecular formula is C17H23O2. The summed E-state index contributed by atoms with van der Waals surface area (Å²) < 4.78 is 11.2. The molecule has 2 nitrogen and oxygen atoms in total. The third kappa shape index (κ3) is 1.93. The van der Waals surface area contributed by atoms with Crippen LogP contribution >= 0.6 is 0 Å². The fourth-order valence-corrected chi connectivity index (χ4v) is 3.53. The average molecular weight is 259 g/mol. The Morgan fingerprint density at radius 3 is 1.68 bits per heavy atom. The van der Waals surface area contributed by atoms with Gasteiger partial charge in [-0.15, -0.1) is 0 Å². The van der Waals surface area contributed by atoms with Crippen LogP contribution in [0.2, 0.25) is 0 Å². The van der Waals surface area contributed by atoms with Crippen LogP contribution in [0.15, 0.2) is 30.3 Å². The first kappa shape index (κ1) is 13.1. The second kappa shape index (κ2) is 4.92. The monoisotopic (exact) mass is 259 g/mol. The number of benzene rings is 1. The van der Waals surface area contributed by atoms with Gasteiger partial charge in [0.15, 0.2) is 0 Å². The van der Waals surface area contributed by atoms with Crippen molar-refractivity contribution in [2.24, 2.45) is 10.8 Å². The zero-order chi connectivity index (χ0) is 13.3. The molecule has 0 aromatic heterocycles. The molecule has 2 aliphatic rings. The number of ether oxygens (including phenoxy) is 2. The van der Waals surface area contributed by atoms with Gasteiger partial charge in [0.25, 0.3) is 0 Å². The maximum absolute atomic E-state index is 5.58. The molecule has 0 bridgehead atoms. The summed E-state index contributed by atoms with van der Waals surface area (Å²) in [6, 6.07) is 10.9. The van der Waals surface area contributed by atoms with E-state index in [9.17, 15) is 0 Å². The van der Waals surface area contributed by atoms with Crippen LogP contribution in [-0.2, 0) is 9.47 Å². The van der Waals surface area contributed by atoms with Crippen molar-refractivity contribution < 1.29 is 9.47 Å². The molecule has 3 rings (SSSR count). The van der Waals surface area contributed by atoms with Crippen molar-refractivity contribution in [1.29, 1.82) is 0 Å². The molecule has 2 fully saturated rings. The van der Waals surface area contributed by atoms with E-state index in [1.807, 2.05) is 0 Å². The predicted octanol–water partition coefficient (Wildman–Crippen LogP) is 3.46. The van der Waals surface area contributed by atoms with Gasteiger partial charge in [-0.3, -0.25) is 0 Å². The fourth-order valence-electron chi connectivity index (χ4n) is 3.53. The number of hydrogen-bond acceptors (Lipinski definition) is 2. The van der Waals surface area contributed by atoms with Crippen molar-refractivity contribution in [1.82, 2.24) is 0 Å². The average Bonchev–Trinajstić information content (AvgIpc) is 2.36. The van der Waals surface area contributed by atoms with E-state index in [1.54, 1.807) is 5.92 Å². The molecule has 2 heteroatoms. The molecule has 0 amide bonds. The summed E-state index contributed by atoms with van der Waals surface area (Å²) in [7, 11) is 0. The first-order valence-electron chi connectivity index (χ1n) is 7.35. The topological polar surface area (TPSA) is 18.5 Å². The van der Waals surface area contributed by atoms with Crippen LogP contribution in [0.5, 0.6) is 0 Å². The van der Waals surface area contributed by atoms with Crippen LogP contribution < -0.4 is 0 Å². The molecule has 0 spiro atoms. The van der Waals surface area contributed by atoms with Crippen molar-refractivity contribution >= 4 is 0 Å². The Labute approximate surface area is 116 Å². The van der Waals surface area contributed by atoms with Gasteiger partial charge >= 0.3 is 0 Å². The highest BCUT2D eigenvalue weighted by Crippen LogP contribution is 2.56. The normalized spacial score (nSPS) is 23.7. The second-order valence-corrected chi connectivity index (χ2v) is 5.99. The maximum Gasteiger partial charge on any atom is 0.0553 e. The van der Waals surface area contributed by atoms with E-state index >= 15 is 0 Å². The van der Waals surface area contributed by atoms with E-state index in [1.165, 1.54) is 5.56 Å². The van der Waals surface area contributed by atoms with Gasteiger partial charge in [0.05, 0.1) is 26.4 Å². The van der Waals surface area contributed by atoms with Gasteiger partial charge in [-0.25, -0.2) is 0 Å². The Balaban J connectivity index is 2.01. The van der Waals surface area contributed by atoms with Gasteiger partial charge in [0, 0.05) is 16.7 Å². The molecule has 0 atom stereocenters. The summed E-state index contributed by atoms with van der Waals surface area (Å²) in [5.74, 6) is 1.59. The summed E-state index contributed by atoms with van der Waals surface area (Å²) in [6.45, 7) is 8.05.